The van der Waals surface area contributed by atoms with Crippen molar-refractivity contribution in [2.45, 2.75) is 44.8 Å². The zero-order valence-corrected chi connectivity index (χ0v) is 11.3. The Balaban J connectivity index is 1.98. The third-order valence-corrected chi connectivity index (χ3v) is 3.70. The summed E-state index contributed by atoms with van der Waals surface area (Å²) in [6.45, 7) is 4.74. The van der Waals surface area contributed by atoms with Gasteiger partial charge in [0.25, 0.3) is 0 Å². The van der Waals surface area contributed by atoms with Gasteiger partial charge in [0, 0.05) is 31.6 Å². The first-order valence-corrected chi connectivity index (χ1v) is 6.86. The second-order valence-corrected chi connectivity index (χ2v) is 5.23. The highest BCUT2D eigenvalue weighted by molar-refractivity contribution is 5.66. The molecule has 2 rings (SSSR count). The predicted molar refractivity (Wildman–Crippen MR) is 71.9 cm³/mol. The van der Waals surface area contributed by atoms with Gasteiger partial charge in [0.15, 0.2) is 0 Å². The molecular weight excluding hydrogens is 244 g/mol. The summed E-state index contributed by atoms with van der Waals surface area (Å²) in [6.07, 6.45) is 3.65. The van der Waals surface area contributed by atoms with Crippen molar-refractivity contribution in [1.82, 2.24) is 10.2 Å². The molecule has 1 aliphatic heterocycles. The number of rotatable bonds is 5. The maximum absolute atomic E-state index is 10.8. The van der Waals surface area contributed by atoms with Crippen molar-refractivity contribution in [3.8, 4) is 0 Å². The zero-order chi connectivity index (χ0) is 13.7. The lowest BCUT2D eigenvalue weighted by molar-refractivity contribution is -0.137. The Morgan fingerprint density at radius 2 is 2.47 bits per heavy atom. The van der Waals surface area contributed by atoms with Crippen molar-refractivity contribution in [2.75, 3.05) is 13.1 Å². The van der Waals surface area contributed by atoms with Gasteiger partial charge in [0.1, 0.15) is 5.76 Å². The number of carbonyl (C=O) groups is 1. The number of carboxylic acids is 1. The van der Waals surface area contributed by atoms with Gasteiger partial charge in [-0.3, -0.25) is 9.69 Å². The van der Waals surface area contributed by atoms with E-state index in [-0.39, 0.29) is 12.5 Å². The van der Waals surface area contributed by atoms with Gasteiger partial charge in [0.05, 0.1) is 12.8 Å². The minimum Gasteiger partial charge on any atom is -0.481 e. The predicted octanol–water partition coefficient (Wildman–Crippen LogP) is 1.70. The van der Waals surface area contributed by atoms with Gasteiger partial charge in [-0.25, -0.2) is 0 Å². The zero-order valence-electron chi connectivity index (χ0n) is 11.3. The minimum atomic E-state index is -0.727. The molecule has 0 aliphatic carbocycles. The van der Waals surface area contributed by atoms with Crippen LogP contribution >= 0.6 is 0 Å². The molecular formula is C14H22N2O3. The molecule has 2 N–H and O–H groups in total. The Kier molecular flexibility index (Phi) is 4.99. The molecule has 1 aromatic heterocycles. The largest absolute Gasteiger partial charge is 0.481 e. The molecule has 106 valence electrons. The lowest BCUT2D eigenvalue weighted by atomic mass is 10.1. The van der Waals surface area contributed by atoms with Gasteiger partial charge in [-0.15, -0.1) is 0 Å². The maximum atomic E-state index is 10.8. The highest BCUT2D eigenvalue weighted by atomic mass is 16.4. The summed E-state index contributed by atoms with van der Waals surface area (Å²) in [6, 6.07) is 4.59. The molecule has 2 unspecified atom stereocenters. The van der Waals surface area contributed by atoms with E-state index in [4.69, 9.17) is 9.52 Å². The molecule has 0 spiro atoms. The summed E-state index contributed by atoms with van der Waals surface area (Å²) in [7, 11) is 0. The van der Waals surface area contributed by atoms with Crippen LogP contribution < -0.4 is 5.32 Å². The van der Waals surface area contributed by atoms with Gasteiger partial charge in [-0.05, 0) is 31.9 Å². The summed E-state index contributed by atoms with van der Waals surface area (Å²) in [4.78, 5) is 13.1. The smallest absolute Gasteiger partial charge is 0.303 e. The van der Waals surface area contributed by atoms with Crippen LogP contribution in [-0.2, 0) is 11.3 Å². The number of aliphatic carboxylic acids is 1. The topological polar surface area (TPSA) is 65.7 Å². The van der Waals surface area contributed by atoms with E-state index in [1.54, 1.807) is 6.26 Å². The number of nitrogens with zero attached hydrogens (tertiary/aromatic N) is 1. The number of hydrogen-bond donors (Lipinski definition) is 2. The lowest BCUT2D eigenvalue weighted by Gasteiger charge is -2.28. The number of hydrogen-bond acceptors (Lipinski definition) is 4. The highest BCUT2D eigenvalue weighted by Crippen LogP contribution is 2.16. The molecule has 1 aliphatic rings. The fraction of sp³-hybridized carbons (Fsp3) is 0.643. The van der Waals surface area contributed by atoms with E-state index in [1.807, 2.05) is 12.1 Å². The Bertz CT molecular complexity index is 391. The van der Waals surface area contributed by atoms with Crippen LogP contribution in [0.1, 0.15) is 31.9 Å². The number of furan rings is 1. The molecule has 5 heteroatoms. The second-order valence-electron chi connectivity index (χ2n) is 5.23. The van der Waals surface area contributed by atoms with Crippen LogP contribution in [0, 0.1) is 0 Å². The Morgan fingerprint density at radius 3 is 3.16 bits per heavy atom. The standard InChI is InChI=1S/C14H22N2O3/c1-11-6-7-16(10-13-3-2-8-19-13)12(9-15-11)4-5-14(17)18/h2-3,8,11-12,15H,4-7,9-10H2,1H3,(H,17,18). The molecule has 19 heavy (non-hydrogen) atoms. The van der Waals surface area contributed by atoms with Crippen LogP contribution in [0.2, 0.25) is 0 Å². The molecule has 1 fully saturated rings. The van der Waals surface area contributed by atoms with Gasteiger partial charge in [-0.1, -0.05) is 0 Å². The average molecular weight is 266 g/mol. The number of carboxylic acid groups (broad SMARTS) is 1. The van der Waals surface area contributed by atoms with E-state index in [1.165, 1.54) is 0 Å². The first kappa shape index (κ1) is 14.1. The average Bonchev–Trinajstić information content (AvgIpc) is 2.81. The van der Waals surface area contributed by atoms with E-state index in [0.717, 1.165) is 31.8 Å². The van der Waals surface area contributed by atoms with E-state index in [2.05, 4.69) is 17.1 Å². The summed E-state index contributed by atoms with van der Waals surface area (Å²) < 4.78 is 5.40. The van der Waals surface area contributed by atoms with E-state index in [0.29, 0.717) is 12.5 Å². The molecule has 5 nitrogen and oxygen atoms in total. The molecule has 0 bridgehead atoms. The molecule has 0 amide bonds. The minimum absolute atomic E-state index is 0.218. The highest BCUT2D eigenvalue weighted by Gasteiger charge is 2.24. The van der Waals surface area contributed by atoms with Crippen LogP contribution in [0.15, 0.2) is 22.8 Å². The fourth-order valence-electron chi connectivity index (χ4n) is 2.50. The van der Waals surface area contributed by atoms with E-state index >= 15 is 0 Å². The summed E-state index contributed by atoms with van der Waals surface area (Å²) in [5.41, 5.74) is 0. The van der Waals surface area contributed by atoms with Gasteiger partial charge >= 0.3 is 5.97 Å². The van der Waals surface area contributed by atoms with Crippen LogP contribution in [-0.4, -0.2) is 41.1 Å². The fourth-order valence-corrected chi connectivity index (χ4v) is 2.50. The third-order valence-electron chi connectivity index (χ3n) is 3.70. The maximum Gasteiger partial charge on any atom is 0.303 e. The van der Waals surface area contributed by atoms with Crippen LogP contribution in [0.25, 0.3) is 0 Å². The molecule has 1 aromatic rings. The lowest BCUT2D eigenvalue weighted by Crippen LogP contribution is -2.40. The van der Waals surface area contributed by atoms with Crippen molar-refractivity contribution in [1.29, 1.82) is 0 Å². The second kappa shape index (κ2) is 6.73. The molecule has 0 radical (unpaired) electrons. The molecule has 2 heterocycles. The summed E-state index contributed by atoms with van der Waals surface area (Å²) in [5.74, 6) is 0.213. The quantitative estimate of drug-likeness (QED) is 0.849. The normalized spacial score (nSPS) is 25.1. The SMILES string of the molecule is CC1CCN(Cc2ccco2)C(CCC(=O)O)CN1. The van der Waals surface area contributed by atoms with Crippen molar-refractivity contribution < 1.29 is 14.3 Å². The number of nitrogens with one attached hydrogen (secondary N) is 1. The summed E-state index contributed by atoms with van der Waals surface area (Å²) >= 11 is 0. The van der Waals surface area contributed by atoms with Crippen LogP contribution in [0.4, 0.5) is 0 Å². The van der Waals surface area contributed by atoms with Crippen LogP contribution in [0.5, 0.6) is 0 Å². The van der Waals surface area contributed by atoms with Crippen molar-refractivity contribution >= 4 is 5.97 Å². The molecule has 1 saturated heterocycles. The first-order valence-electron chi connectivity index (χ1n) is 6.86. The molecule has 0 aromatic carbocycles. The monoisotopic (exact) mass is 266 g/mol. The van der Waals surface area contributed by atoms with Crippen molar-refractivity contribution in [2.24, 2.45) is 0 Å². The van der Waals surface area contributed by atoms with Crippen molar-refractivity contribution in [3.05, 3.63) is 24.2 Å². The Morgan fingerprint density at radius 1 is 1.63 bits per heavy atom. The van der Waals surface area contributed by atoms with Crippen molar-refractivity contribution in [3.63, 3.8) is 0 Å². The van der Waals surface area contributed by atoms with E-state index in [9.17, 15) is 4.79 Å². The molecule has 0 saturated carbocycles. The third kappa shape index (κ3) is 4.36. The Hall–Kier alpha value is -1.33. The molecule has 2 atom stereocenters. The Labute approximate surface area is 113 Å². The first-order chi connectivity index (χ1) is 9.15. The van der Waals surface area contributed by atoms with Gasteiger partial charge < -0.3 is 14.8 Å². The van der Waals surface area contributed by atoms with Gasteiger partial charge in [0.2, 0.25) is 0 Å². The van der Waals surface area contributed by atoms with E-state index < -0.39 is 5.97 Å². The van der Waals surface area contributed by atoms with Gasteiger partial charge in [-0.2, -0.15) is 0 Å². The van der Waals surface area contributed by atoms with Crippen LogP contribution in [0.3, 0.4) is 0 Å². The summed E-state index contributed by atoms with van der Waals surface area (Å²) in [5, 5.41) is 12.3.